The highest BCUT2D eigenvalue weighted by atomic mass is 16.1. The van der Waals surface area contributed by atoms with Crippen LogP contribution >= 0.6 is 0 Å². The highest BCUT2D eigenvalue weighted by Gasteiger charge is 2.07. The van der Waals surface area contributed by atoms with Crippen molar-refractivity contribution in [3.63, 3.8) is 0 Å². The molecule has 2 heterocycles. The molecule has 94 valence electrons. The van der Waals surface area contributed by atoms with Gasteiger partial charge in [0, 0.05) is 18.4 Å². The number of rotatable bonds is 3. The molecule has 0 bridgehead atoms. The molecule has 2 aromatic rings. The summed E-state index contributed by atoms with van der Waals surface area (Å²) in [6, 6.07) is 5.53. The molecule has 2 rings (SSSR count). The van der Waals surface area contributed by atoms with Crippen LogP contribution in [0.1, 0.15) is 28.7 Å². The average Bonchev–Trinajstić information content (AvgIpc) is 2.69. The van der Waals surface area contributed by atoms with Gasteiger partial charge in [0.05, 0.1) is 11.3 Å². The molecule has 5 heteroatoms. The van der Waals surface area contributed by atoms with Gasteiger partial charge in [0.2, 0.25) is 0 Å². The molecule has 0 aromatic carbocycles. The lowest BCUT2D eigenvalue weighted by atomic mass is 10.2. The van der Waals surface area contributed by atoms with E-state index in [1.165, 1.54) is 0 Å². The first kappa shape index (κ1) is 12.3. The van der Waals surface area contributed by atoms with Crippen molar-refractivity contribution >= 4 is 5.91 Å². The van der Waals surface area contributed by atoms with Crippen LogP contribution in [0, 0.1) is 13.8 Å². The van der Waals surface area contributed by atoms with Gasteiger partial charge < -0.3 is 5.32 Å². The van der Waals surface area contributed by atoms with Crippen molar-refractivity contribution < 1.29 is 4.79 Å². The van der Waals surface area contributed by atoms with Gasteiger partial charge in [0.1, 0.15) is 0 Å². The number of aromatic nitrogens is 3. The standard InChI is InChI=1S/C13H16N4O/c1-4-14-13(18)11-5-6-12(15-8-11)17-10(3)7-9(2)16-17/h5-8H,4H2,1-3H3,(H,14,18). The highest BCUT2D eigenvalue weighted by molar-refractivity contribution is 5.93. The third-order valence-corrected chi connectivity index (χ3v) is 2.57. The molecule has 5 nitrogen and oxygen atoms in total. The Labute approximate surface area is 106 Å². The summed E-state index contributed by atoms with van der Waals surface area (Å²) in [6.45, 7) is 6.40. The Morgan fingerprint density at radius 3 is 2.67 bits per heavy atom. The maximum absolute atomic E-state index is 11.6. The van der Waals surface area contributed by atoms with Crippen LogP contribution in [-0.4, -0.2) is 27.2 Å². The molecule has 0 spiro atoms. The third kappa shape index (κ3) is 2.40. The van der Waals surface area contributed by atoms with Gasteiger partial charge >= 0.3 is 0 Å². The number of aryl methyl sites for hydroxylation is 2. The Morgan fingerprint density at radius 1 is 1.39 bits per heavy atom. The van der Waals surface area contributed by atoms with Crippen LogP contribution in [0.15, 0.2) is 24.4 Å². The second-order valence-electron chi connectivity index (χ2n) is 4.10. The fraction of sp³-hybridized carbons (Fsp3) is 0.308. The van der Waals surface area contributed by atoms with E-state index in [-0.39, 0.29) is 5.91 Å². The van der Waals surface area contributed by atoms with Crippen LogP contribution in [0.4, 0.5) is 0 Å². The number of pyridine rings is 1. The van der Waals surface area contributed by atoms with Crippen molar-refractivity contribution in [3.8, 4) is 5.82 Å². The lowest BCUT2D eigenvalue weighted by Crippen LogP contribution is -2.22. The SMILES string of the molecule is CCNC(=O)c1ccc(-n2nc(C)cc2C)nc1. The van der Waals surface area contributed by atoms with Crippen LogP contribution in [0.3, 0.4) is 0 Å². The van der Waals surface area contributed by atoms with E-state index in [2.05, 4.69) is 15.4 Å². The molecule has 1 amide bonds. The number of nitrogens with zero attached hydrogens (tertiary/aromatic N) is 3. The molecule has 0 aliphatic heterocycles. The van der Waals surface area contributed by atoms with Crippen molar-refractivity contribution in [2.45, 2.75) is 20.8 Å². The van der Waals surface area contributed by atoms with Crippen molar-refractivity contribution in [1.29, 1.82) is 0 Å². The summed E-state index contributed by atoms with van der Waals surface area (Å²) in [6.07, 6.45) is 1.57. The van der Waals surface area contributed by atoms with E-state index in [1.807, 2.05) is 26.8 Å². The molecule has 0 radical (unpaired) electrons. The number of hydrogen-bond acceptors (Lipinski definition) is 3. The molecular weight excluding hydrogens is 228 g/mol. The quantitative estimate of drug-likeness (QED) is 0.892. The molecule has 0 fully saturated rings. The van der Waals surface area contributed by atoms with Crippen molar-refractivity contribution in [3.05, 3.63) is 41.3 Å². The Balaban J connectivity index is 2.27. The van der Waals surface area contributed by atoms with E-state index >= 15 is 0 Å². The molecule has 18 heavy (non-hydrogen) atoms. The summed E-state index contributed by atoms with van der Waals surface area (Å²) >= 11 is 0. The first-order chi connectivity index (χ1) is 8.61. The van der Waals surface area contributed by atoms with E-state index < -0.39 is 0 Å². The van der Waals surface area contributed by atoms with Gasteiger partial charge in [0.15, 0.2) is 5.82 Å². The van der Waals surface area contributed by atoms with Gasteiger partial charge in [-0.2, -0.15) is 5.10 Å². The van der Waals surface area contributed by atoms with Crippen LogP contribution < -0.4 is 5.32 Å². The smallest absolute Gasteiger partial charge is 0.252 e. The van der Waals surface area contributed by atoms with Crippen molar-refractivity contribution in [1.82, 2.24) is 20.1 Å². The minimum absolute atomic E-state index is 0.107. The summed E-state index contributed by atoms with van der Waals surface area (Å²) in [5.41, 5.74) is 2.52. The van der Waals surface area contributed by atoms with Gasteiger partial charge in [-0.15, -0.1) is 0 Å². The van der Waals surface area contributed by atoms with E-state index in [0.717, 1.165) is 11.4 Å². The van der Waals surface area contributed by atoms with Crippen LogP contribution in [0.2, 0.25) is 0 Å². The lowest BCUT2D eigenvalue weighted by Gasteiger charge is -2.05. The zero-order valence-electron chi connectivity index (χ0n) is 10.8. The fourth-order valence-corrected chi connectivity index (χ4v) is 1.77. The Kier molecular flexibility index (Phi) is 3.41. The monoisotopic (exact) mass is 244 g/mol. The average molecular weight is 244 g/mol. The highest BCUT2D eigenvalue weighted by Crippen LogP contribution is 2.10. The van der Waals surface area contributed by atoms with Gasteiger partial charge in [-0.25, -0.2) is 9.67 Å². The number of hydrogen-bond donors (Lipinski definition) is 1. The Morgan fingerprint density at radius 2 is 2.17 bits per heavy atom. The number of amides is 1. The van der Waals surface area contributed by atoms with Gasteiger partial charge in [-0.1, -0.05) is 0 Å². The maximum Gasteiger partial charge on any atom is 0.252 e. The second kappa shape index (κ2) is 5.00. The van der Waals surface area contributed by atoms with Crippen LogP contribution in [-0.2, 0) is 0 Å². The molecule has 0 saturated heterocycles. The van der Waals surface area contributed by atoms with Gasteiger partial charge in [-0.05, 0) is 39.0 Å². The lowest BCUT2D eigenvalue weighted by molar-refractivity contribution is 0.0955. The second-order valence-corrected chi connectivity index (χ2v) is 4.10. The van der Waals surface area contributed by atoms with Crippen molar-refractivity contribution in [2.24, 2.45) is 0 Å². The zero-order valence-corrected chi connectivity index (χ0v) is 10.8. The van der Waals surface area contributed by atoms with Gasteiger partial charge in [-0.3, -0.25) is 4.79 Å². The van der Waals surface area contributed by atoms with E-state index in [0.29, 0.717) is 17.9 Å². The van der Waals surface area contributed by atoms with E-state index in [4.69, 9.17) is 0 Å². The normalized spacial score (nSPS) is 10.4. The van der Waals surface area contributed by atoms with Crippen molar-refractivity contribution in [2.75, 3.05) is 6.54 Å². The maximum atomic E-state index is 11.6. The Bertz CT molecular complexity index is 557. The summed E-state index contributed by atoms with van der Waals surface area (Å²) in [7, 11) is 0. The predicted molar refractivity (Wildman–Crippen MR) is 68.8 cm³/mol. The van der Waals surface area contributed by atoms with E-state index in [1.54, 1.807) is 23.0 Å². The number of nitrogens with one attached hydrogen (secondary N) is 1. The molecule has 0 saturated carbocycles. The first-order valence-electron chi connectivity index (χ1n) is 5.89. The molecule has 0 aliphatic rings. The minimum Gasteiger partial charge on any atom is -0.352 e. The molecule has 1 N–H and O–H groups in total. The first-order valence-corrected chi connectivity index (χ1v) is 5.89. The molecular formula is C13H16N4O. The molecule has 0 unspecified atom stereocenters. The molecule has 2 aromatic heterocycles. The molecule has 0 aliphatic carbocycles. The Hall–Kier alpha value is -2.17. The van der Waals surface area contributed by atoms with Crippen LogP contribution in [0.25, 0.3) is 5.82 Å². The summed E-state index contributed by atoms with van der Waals surface area (Å²) < 4.78 is 1.76. The number of carbonyl (C=O) groups is 1. The predicted octanol–water partition coefficient (Wildman–Crippen LogP) is 1.63. The fourth-order valence-electron chi connectivity index (χ4n) is 1.77. The molecule has 0 atom stereocenters. The van der Waals surface area contributed by atoms with E-state index in [9.17, 15) is 4.79 Å². The topological polar surface area (TPSA) is 59.8 Å². The zero-order chi connectivity index (χ0) is 13.1. The largest absolute Gasteiger partial charge is 0.352 e. The van der Waals surface area contributed by atoms with Crippen LogP contribution in [0.5, 0.6) is 0 Å². The summed E-state index contributed by atoms with van der Waals surface area (Å²) in [4.78, 5) is 15.9. The summed E-state index contributed by atoms with van der Waals surface area (Å²) in [5, 5.41) is 7.08. The van der Waals surface area contributed by atoms with Gasteiger partial charge in [0.25, 0.3) is 5.91 Å². The summed E-state index contributed by atoms with van der Waals surface area (Å²) in [5.74, 6) is 0.610. The number of carbonyl (C=O) groups excluding carboxylic acids is 1. The third-order valence-electron chi connectivity index (χ3n) is 2.57. The minimum atomic E-state index is -0.107.